The summed E-state index contributed by atoms with van der Waals surface area (Å²) in [5.74, 6) is 0.623. The zero-order chi connectivity index (χ0) is 13.8. The Bertz CT molecular complexity index is 393. The lowest BCUT2D eigenvalue weighted by Gasteiger charge is -2.40. The number of ether oxygens (including phenoxy) is 2. The van der Waals surface area contributed by atoms with E-state index in [2.05, 4.69) is 33.8 Å². The van der Waals surface area contributed by atoms with E-state index in [0.29, 0.717) is 11.8 Å². The van der Waals surface area contributed by atoms with Crippen LogP contribution in [0, 0.1) is 17.3 Å². The van der Waals surface area contributed by atoms with Crippen LogP contribution in [0.3, 0.4) is 0 Å². The first-order valence-electron chi connectivity index (χ1n) is 7.61. The maximum atomic E-state index is 9.90. The van der Waals surface area contributed by atoms with Crippen molar-refractivity contribution in [2.75, 3.05) is 6.61 Å². The van der Waals surface area contributed by atoms with Gasteiger partial charge in [0.05, 0.1) is 18.8 Å². The van der Waals surface area contributed by atoms with Crippen molar-refractivity contribution in [3.05, 3.63) is 11.6 Å². The Morgan fingerprint density at radius 2 is 1.79 bits per heavy atom. The fourth-order valence-corrected chi connectivity index (χ4v) is 4.22. The fourth-order valence-electron chi connectivity index (χ4n) is 4.22. The summed E-state index contributed by atoms with van der Waals surface area (Å²) in [6, 6.07) is 0. The Morgan fingerprint density at radius 1 is 1.16 bits per heavy atom. The van der Waals surface area contributed by atoms with Crippen molar-refractivity contribution >= 4 is 0 Å². The summed E-state index contributed by atoms with van der Waals surface area (Å²) in [5, 5.41) is 9.90. The summed E-state index contributed by atoms with van der Waals surface area (Å²) in [7, 11) is 0. The molecule has 5 atom stereocenters. The highest BCUT2D eigenvalue weighted by atomic mass is 16.8. The van der Waals surface area contributed by atoms with E-state index in [1.54, 1.807) is 0 Å². The monoisotopic (exact) mass is 266 g/mol. The van der Waals surface area contributed by atoms with Crippen LogP contribution in [0.1, 0.15) is 47.0 Å². The average molecular weight is 266 g/mol. The maximum Gasteiger partial charge on any atom is 0.188 e. The summed E-state index contributed by atoms with van der Waals surface area (Å²) >= 11 is 0. The van der Waals surface area contributed by atoms with Gasteiger partial charge in [0.2, 0.25) is 0 Å². The SMILES string of the molecule is CC1CC2(CO)CCC3(C=C2C1C)OC(C)C(C)O3. The maximum absolute atomic E-state index is 9.90. The summed E-state index contributed by atoms with van der Waals surface area (Å²) in [4.78, 5) is 0. The molecule has 1 saturated carbocycles. The van der Waals surface area contributed by atoms with Crippen molar-refractivity contribution in [2.24, 2.45) is 17.3 Å². The van der Waals surface area contributed by atoms with Crippen LogP contribution in [0.4, 0.5) is 0 Å². The second kappa shape index (κ2) is 4.31. The molecule has 0 aromatic carbocycles. The molecule has 1 heterocycles. The average Bonchev–Trinajstić information content (AvgIpc) is 2.79. The molecule has 2 aliphatic carbocycles. The van der Waals surface area contributed by atoms with Crippen molar-refractivity contribution in [1.29, 1.82) is 0 Å². The van der Waals surface area contributed by atoms with Crippen LogP contribution >= 0.6 is 0 Å². The van der Waals surface area contributed by atoms with Gasteiger partial charge >= 0.3 is 0 Å². The predicted molar refractivity (Wildman–Crippen MR) is 73.6 cm³/mol. The minimum Gasteiger partial charge on any atom is -0.395 e. The number of hydrogen-bond donors (Lipinski definition) is 1. The second-order valence-electron chi connectivity index (χ2n) is 6.97. The van der Waals surface area contributed by atoms with Crippen LogP contribution < -0.4 is 0 Å². The molecule has 3 heteroatoms. The van der Waals surface area contributed by atoms with Gasteiger partial charge in [0.25, 0.3) is 0 Å². The van der Waals surface area contributed by atoms with Crippen molar-refractivity contribution < 1.29 is 14.6 Å². The van der Waals surface area contributed by atoms with Gasteiger partial charge in [0.1, 0.15) is 0 Å². The molecule has 3 aliphatic rings. The lowest BCUT2D eigenvalue weighted by Crippen LogP contribution is -2.39. The van der Waals surface area contributed by atoms with Gasteiger partial charge in [-0.05, 0) is 44.6 Å². The third-order valence-corrected chi connectivity index (χ3v) is 5.73. The minimum absolute atomic E-state index is 0.00807. The molecule has 3 rings (SSSR count). The zero-order valence-corrected chi connectivity index (χ0v) is 12.5. The lowest BCUT2D eigenvalue weighted by molar-refractivity contribution is -0.151. The highest BCUT2D eigenvalue weighted by Gasteiger charge is 2.54. The van der Waals surface area contributed by atoms with E-state index < -0.39 is 5.79 Å². The number of aliphatic hydroxyl groups is 1. The van der Waals surface area contributed by atoms with Gasteiger partial charge in [-0.2, -0.15) is 0 Å². The van der Waals surface area contributed by atoms with Crippen molar-refractivity contribution in [2.45, 2.75) is 65.0 Å². The standard InChI is InChI=1S/C16H26O3/c1-10-7-15(9-17)5-6-16(8-14(15)11(10)2)18-12(3)13(4)19-16/h8,10-13,17H,5-7,9H2,1-4H3. The zero-order valence-electron chi connectivity index (χ0n) is 12.5. The molecule has 3 nitrogen and oxygen atoms in total. The van der Waals surface area contributed by atoms with E-state index in [0.717, 1.165) is 19.3 Å². The number of fused-ring (bicyclic) bond motifs is 1. The van der Waals surface area contributed by atoms with E-state index in [-0.39, 0.29) is 24.2 Å². The second-order valence-corrected chi connectivity index (χ2v) is 6.97. The Morgan fingerprint density at radius 3 is 2.37 bits per heavy atom. The molecule has 108 valence electrons. The van der Waals surface area contributed by atoms with Crippen LogP contribution in [-0.4, -0.2) is 29.7 Å². The van der Waals surface area contributed by atoms with E-state index in [1.807, 2.05) is 0 Å². The molecule has 0 aromatic heterocycles. The largest absolute Gasteiger partial charge is 0.395 e. The molecule has 2 fully saturated rings. The van der Waals surface area contributed by atoms with Gasteiger partial charge in [-0.1, -0.05) is 19.4 Å². The van der Waals surface area contributed by atoms with Crippen LogP contribution in [0.2, 0.25) is 0 Å². The molecule has 1 saturated heterocycles. The molecular weight excluding hydrogens is 240 g/mol. The van der Waals surface area contributed by atoms with Gasteiger partial charge in [-0.25, -0.2) is 0 Å². The van der Waals surface area contributed by atoms with Gasteiger partial charge in [-0.15, -0.1) is 0 Å². The van der Waals surface area contributed by atoms with Gasteiger partial charge < -0.3 is 14.6 Å². The lowest BCUT2D eigenvalue weighted by atomic mass is 9.72. The highest BCUT2D eigenvalue weighted by molar-refractivity contribution is 5.30. The molecule has 1 spiro atoms. The fraction of sp³-hybridized carbons (Fsp3) is 0.875. The Balaban J connectivity index is 1.97. The molecule has 19 heavy (non-hydrogen) atoms. The third-order valence-electron chi connectivity index (χ3n) is 5.73. The number of rotatable bonds is 1. The third kappa shape index (κ3) is 1.90. The molecular formula is C16H26O3. The van der Waals surface area contributed by atoms with E-state index in [1.165, 1.54) is 5.57 Å². The molecule has 0 aromatic rings. The molecule has 0 bridgehead atoms. The number of aliphatic hydroxyl groups excluding tert-OH is 1. The van der Waals surface area contributed by atoms with Gasteiger partial charge in [0.15, 0.2) is 5.79 Å². The molecule has 0 amide bonds. The summed E-state index contributed by atoms with van der Waals surface area (Å²) < 4.78 is 12.2. The Kier molecular flexibility index (Phi) is 3.08. The van der Waals surface area contributed by atoms with Crippen LogP contribution in [0.15, 0.2) is 11.6 Å². The van der Waals surface area contributed by atoms with Crippen LogP contribution in [0.25, 0.3) is 0 Å². The summed E-state index contributed by atoms with van der Waals surface area (Å²) in [6.45, 7) is 8.97. The smallest absolute Gasteiger partial charge is 0.188 e. The van der Waals surface area contributed by atoms with E-state index in [4.69, 9.17) is 9.47 Å². The molecule has 1 N–H and O–H groups in total. The van der Waals surface area contributed by atoms with E-state index in [9.17, 15) is 5.11 Å². The highest BCUT2D eigenvalue weighted by Crippen LogP contribution is 2.57. The van der Waals surface area contributed by atoms with Crippen LogP contribution in [-0.2, 0) is 9.47 Å². The van der Waals surface area contributed by atoms with E-state index >= 15 is 0 Å². The Labute approximate surface area is 116 Å². The van der Waals surface area contributed by atoms with Crippen molar-refractivity contribution in [1.82, 2.24) is 0 Å². The first-order valence-corrected chi connectivity index (χ1v) is 7.61. The molecule has 5 unspecified atom stereocenters. The topological polar surface area (TPSA) is 38.7 Å². The van der Waals surface area contributed by atoms with Crippen molar-refractivity contribution in [3.63, 3.8) is 0 Å². The quantitative estimate of drug-likeness (QED) is 0.742. The minimum atomic E-state index is -0.523. The van der Waals surface area contributed by atoms with Crippen LogP contribution in [0.5, 0.6) is 0 Å². The first-order chi connectivity index (χ1) is 8.91. The van der Waals surface area contributed by atoms with Gasteiger partial charge in [0, 0.05) is 11.8 Å². The summed E-state index contributed by atoms with van der Waals surface area (Å²) in [6.07, 6.45) is 5.44. The Hall–Kier alpha value is -0.380. The molecule has 1 aliphatic heterocycles. The first kappa shape index (κ1) is 13.6. The van der Waals surface area contributed by atoms with Crippen molar-refractivity contribution in [3.8, 4) is 0 Å². The normalized spacial score (nSPS) is 53.4. The predicted octanol–water partition coefficient (Wildman–Crippen LogP) is 2.88. The summed E-state index contributed by atoms with van der Waals surface area (Å²) in [5.41, 5.74) is 1.36. The number of hydrogen-bond acceptors (Lipinski definition) is 3. The van der Waals surface area contributed by atoms with Gasteiger partial charge in [-0.3, -0.25) is 0 Å². The molecule has 0 radical (unpaired) electrons.